The Balaban J connectivity index is 2.14. The van der Waals surface area contributed by atoms with Gasteiger partial charge < -0.3 is 14.6 Å². The van der Waals surface area contributed by atoms with Crippen LogP contribution in [0.15, 0.2) is 30.5 Å². The van der Waals surface area contributed by atoms with Gasteiger partial charge >= 0.3 is 0 Å². The van der Waals surface area contributed by atoms with E-state index in [1.807, 2.05) is 0 Å². The first-order valence-electron chi connectivity index (χ1n) is 7.93. The molecule has 0 saturated carbocycles. The molecule has 3 heteroatoms. The molecule has 112 valence electrons. The van der Waals surface area contributed by atoms with E-state index < -0.39 is 0 Å². The van der Waals surface area contributed by atoms with Gasteiger partial charge in [0.2, 0.25) is 0 Å². The number of aromatic nitrogens is 1. The SMILES string of the molecule is CCCCn1c2c(c3ccccc31)C=CN(CCO)C2C. The Labute approximate surface area is 126 Å². The van der Waals surface area contributed by atoms with Gasteiger partial charge in [0.15, 0.2) is 0 Å². The number of para-hydroxylation sites is 1. The third-order valence-corrected chi connectivity index (χ3v) is 4.47. The monoisotopic (exact) mass is 284 g/mol. The molecule has 3 nitrogen and oxygen atoms in total. The Kier molecular flexibility index (Phi) is 4.02. The summed E-state index contributed by atoms with van der Waals surface area (Å²) >= 11 is 0. The summed E-state index contributed by atoms with van der Waals surface area (Å²) in [5, 5.41) is 10.6. The van der Waals surface area contributed by atoms with Gasteiger partial charge in [-0.25, -0.2) is 0 Å². The number of rotatable bonds is 5. The summed E-state index contributed by atoms with van der Waals surface area (Å²) in [6, 6.07) is 8.98. The van der Waals surface area contributed by atoms with Crippen LogP contribution >= 0.6 is 0 Å². The molecule has 0 spiro atoms. The fourth-order valence-corrected chi connectivity index (χ4v) is 3.37. The molecule has 2 heterocycles. The molecule has 0 fully saturated rings. The molecule has 1 N–H and O–H groups in total. The number of fused-ring (bicyclic) bond motifs is 3. The van der Waals surface area contributed by atoms with Crippen molar-refractivity contribution in [1.82, 2.24) is 9.47 Å². The van der Waals surface area contributed by atoms with Crippen LogP contribution in [0.4, 0.5) is 0 Å². The van der Waals surface area contributed by atoms with Crippen LogP contribution in [0.25, 0.3) is 17.0 Å². The van der Waals surface area contributed by atoms with Gasteiger partial charge in [0.25, 0.3) is 0 Å². The second kappa shape index (κ2) is 5.94. The van der Waals surface area contributed by atoms with Crippen molar-refractivity contribution in [3.05, 3.63) is 41.7 Å². The van der Waals surface area contributed by atoms with E-state index >= 15 is 0 Å². The predicted molar refractivity (Wildman–Crippen MR) is 88.1 cm³/mol. The standard InChI is InChI=1S/C18H24N2O/c1-3-4-10-20-17-8-6-5-7-15(17)16-9-11-19(12-13-21)14(2)18(16)20/h5-9,11,14,21H,3-4,10,12-13H2,1-2H3. The Morgan fingerprint density at radius 1 is 1.19 bits per heavy atom. The van der Waals surface area contributed by atoms with Crippen molar-refractivity contribution < 1.29 is 5.11 Å². The van der Waals surface area contributed by atoms with Gasteiger partial charge in [0, 0.05) is 41.4 Å². The average molecular weight is 284 g/mol. The highest BCUT2D eigenvalue weighted by molar-refractivity contribution is 5.92. The number of aliphatic hydroxyl groups is 1. The fourth-order valence-electron chi connectivity index (χ4n) is 3.37. The first-order chi connectivity index (χ1) is 10.3. The molecule has 1 aromatic heterocycles. The van der Waals surface area contributed by atoms with Gasteiger partial charge in [-0.3, -0.25) is 0 Å². The van der Waals surface area contributed by atoms with Crippen LogP contribution in [0.3, 0.4) is 0 Å². The predicted octanol–water partition coefficient (Wildman–Crippen LogP) is 3.78. The maximum absolute atomic E-state index is 9.25. The lowest BCUT2D eigenvalue weighted by Crippen LogP contribution is -2.28. The maximum atomic E-state index is 9.25. The van der Waals surface area contributed by atoms with Crippen LogP contribution in [-0.4, -0.2) is 27.7 Å². The second-order valence-corrected chi connectivity index (χ2v) is 5.77. The van der Waals surface area contributed by atoms with E-state index in [1.54, 1.807) is 0 Å². The third kappa shape index (κ3) is 2.36. The highest BCUT2D eigenvalue weighted by Crippen LogP contribution is 2.37. The van der Waals surface area contributed by atoms with Crippen LogP contribution in [0, 0.1) is 0 Å². The lowest BCUT2D eigenvalue weighted by molar-refractivity contribution is 0.203. The van der Waals surface area contributed by atoms with Gasteiger partial charge in [0.1, 0.15) is 0 Å². The normalized spacial score (nSPS) is 17.5. The van der Waals surface area contributed by atoms with Crippen molar-refractivity contribution in [3.8, 4) is 0 Å². The van der Waals surface area contributed by atoms with E-state index in [2.05, 4.69) is 59.9 Å². The molecule has 0 radical (unpaired) electrons. The van der Waals surface area contributed by atoms with Crippen LogP contribution in [-0.2, 0) is 6.54 Å². The van der Waals surface area contributed by atoms with Crippen molar-refractivity contribution in [2.75, 3.05) is 13.2 Å². The minimum Gasteiger partial charge on any atom is -0.395 e. The minimum absolute atomic E-state index is 0.194. The Morgan fingerprint density at radius 3 is 2.76 bits per heavy atom. The molecule has 1 aliphatic rings. The largest absolute Gasteiger partial charge is 0.395 e. The molecule has 1 aliphatic heterocycles. The van der Waals surface area contributed by atoms with Crippen molar-refractivity contribution in [1.29, 1.82) is 0 Å². The average Bonchev–Trinajstić information content (AvgIpc) is 2.83. The quantitative estimate of drug-likeness (QED) is 0.905. The maximum Gasteiger partial charge on any atom is 0.0667 e. The zero-order valence-electron chi connectivity index (χ0n) is 12.9. The summed E-state index contributed by atoms with van der Waals surface area (Å²) in [6.07, 6.45) is 6.73. The molecule has 1 unspecified atom stereocenters. The number of aryl methyl sites for hydroxylation is 1. The van der Waals surface area contributed by atoms with Crippen LogP contribution in [0.2, 0.25) is 0 Å². The van der Waals surface area contributed by atoms with E-state index in [1.165, 1.54) is 35.0 Å². The first-order valence-corrected chi connectivity index (χ1v) is 7.93. The Morgan fingerprint density at radius 2 is 2.00 bits per heavy atom. The van der Waals surface area contributed by atoms with Gasteiger partial charge in [-0.05, 0) is 25.5 Å². The lowest BCUT2D eigenvalue weighted by Gasteiger charge is -2.32. The summed E-state index contributed by atoms with van der Waals surface area (Å²) in [5.74, 6) is 0. The highest BCUT2D eigenvalue weighted by Gasteiger charge is 2.25. The number of hydrogen-bond donors (Lipinski definition) is 1. The summed E-state index contributed by atoms with van der Waals surface area (Å²) < 4.78 is 2.48. The molecule has 21 heavy (non-hydrogen) atoms. The van der Waals surface area contributed by atoms with Crippen LogP contribution in [0.1, 0.15) is 44.0 Å². The second-order valence-electron chi connectivity index (χ2n) is 5.77. The molecule has 3 rings (SSSR count). The lowest BCUT2D eigenvalue weighted by atomic mass is 10.0. The van der Waals surface area contributed by atoms with Crippen LogP contribution in [0.5, 0.6) is 0 Å². The van der Waals surface area contributed by atoms with Crippen molar-refractivity contribution >= 4 is 17.0 Å². The van der Waals surface area contributed by atoms with E-state index in [0.29, 0.717) is 12.6 Å². The van der Waals surface area contributed by atoms with E-state index in [-0.39, 0.29) is 6.61 Å². The number of hydrogen-bond acceptors (Lipinski definition) is 2. The van der Waals surface area contributed by atoms with E-state index in [4.69, 9.17) is 0 Å². The van der Waals surface area contributed by atoms with Crippen molar-refractivity contribution in [2.24, 2.45) is 0 Å². The van der Waals surface area contributed by atoms with Gasteiger partial charge in [-0.15, -0.1) is 0 Å². The number of nitrogens with zero attached hydrogens (tertiary/aromatic N) is 2. The molecular weight excluding hydrogens is 260 g/mol. The van der Waals surface area contributed by atoms with Crippen LogP contribution < -0.4 is 0 Å². The number of β-amino-alcohol motifs (C(OH)–C–C–N with tert-alkyl or cyclic N) is 1. The van der Waals surface area contributed by atoms with Gasteiger partial charge in [0.05, 0.1) is 12.6 Å². The van der Waals surface area contributed by atoms with E-state index in [0.717, 1.165) is 6.54 Å². The molecule has 0 bridgehead atoms. The summed E-state index contributed by atoms with van der Waals surface area (Å²) in [4.78, 5) is 2.23. The third-order valence-electron chi connectivity index (χ3n) is 4.47. The van der Waals surface area contributed by atoms with E-state index in [9.17, 15) is 5.11 Å². The molecule has 2 aromatic rings. The molecule has 0 amide bonds. The highest BCUT2D eigenvalue weighted by atomic mass is 16.3. The molecule has 0 saturated heterocycles. The fraction of sp³-hybridized carbons (Fsp3) is 0.444. The smallest absolute Gasteiger partial charge is 0.0667 e. The summed E-state index contributed by atoms with van der Waals surface area (Å²) in [7, 11) is 0. The molecule has 0 aliphatic carbocycles. The summed E-state index contributed by atoms with van der Waals surface area (Å²) in [5.41, 5.74) is 4.07. The first kappa shape index (κ1) is 14.2. The Hall–Kier alpha value is -1.74. The molecular formula is C18H24N2O. The number of aliphatic hydroxyl groups excluding tert-OH is 1. The zero-order valence-corrected chi connectivity index (χ0v) is 12.9. The minimum atomic E-state index is 0.194. The van der Waals surface area contributed by atoms with Gasteiger partial charge in [-0.1, -0.05) is 31.5 Å². The summed E-state index contributed by atoms with van der Waals surface area (Å²) in [6.45, 7) is 6.42. The van der Waals surface area contributed by atoms with Crippen molar-refractivity contribution in [2.45, 2.75) is 39.3 Å². The molecule has 1 aromatic carbocycles. The number of unbranched alkanes of at least 4 members (excludes halogenated alkanes) is 1. The van der Waals surface area contributed by atoms with Crippen molar-refractivity contribution in [3.63, 3.8) is 0 Å². The number of benzene rings is 1. The topological polar surface area (TPSA) is 28.4 Å². The van der Waals surface area contributed by atoms with Gasteiger partial charge in [-0.2, -0.15) is 0 Å². The Bertz CT molecular complexity index is 657. The molecule has 1 atom stereocenters. The zero-order chi connectivity index (χ0) is 14.8.